The first-order valence-corrected chi connectivity index (χ1v) is 5.87. The van der Waals surface area contributed by atoms with Crippen molar-refractivity contribution in [3.63, 3.8) is 0 Å². The van der Waals surface area contributed by atoms with Gasteiger partial charge in [0.25, 0.3) is 0 Å². The Hall–Kier alpha value is -1.65. The van der Waals surface area contributed by atoms with Gasteiger partial charge in [-0.05, 0) is 12.1 Å². The molecule has 1 N–H and O–H groups in total. The van der Waals surface area contributed by atoms with Crippen LogP contribution in [0, 0.1) is 0 Å². The number of anilines is 1. The minimum atomic E-state index is -0.186. The highest BCUT2D eigenvalue weighted by Gasteiger charge is 2.05. The molecule has 92 valence electrons. The molecule has 1 heterocycles. The van der Waals surface area contributed by atoms with Crippen LogP contribution in [0.4, 0.5) is 5.82 Å². The van der Waals surface area contributed by atoms with Crippen molar-refractivity contribution in [3.05, 3.63) is 40.6 Å². The van der Waals surface area contributed by atoms with Gasteiger partial charge in [0, 0.05) is 18.6 Å². The van der Waals surface area contributed by atoms with E-state index in [2.05, 4.69) is 15.3 Å². The van der Waals surface area contributed by atoms with Crippen molar-refractivity contribution in [3.8, 4) is 11.3 Å². The van der Waals surface area contributed by atoms with Crippen molar-refractivity contribution in [2.45, 2.75) is 6.92 Å². The zero-order valence-corrected chi connectivity index (χ0v) is 11.0. The van der Waals surface area contributed by atoms with Crippen LogP contribution in [-0.2, 0) is 4.79 Å². The fourth-order valence-corrected chi connectivity index (χ4v) is 1.72. The van der Waals surface area contributed by atoms with Crippen LogP contribution in [0.2, 0.25) is 10.0 Å². The van der Waals surface area contributed by atoms with Crippen LogP contribution in [0.5, 0.6) is 0 Å². The maximum atomic E-state index is 10.9. The second kappa shape index (κ2) is 5.33. The van der Waals surface area contributed by atoms with Crippen molar-refractivity contribution in [2.75, 3.05) is 5.32 Å². The van der Waals surface area contributed by atoms with Gasteiger partial charge in [0.05, 0.1) is 15.7 Å². The SMILES string of the molecule is CC(=O)Nc1cc(-c2ccc(Cl)c(Cl)c2)ncn1. The Balaban J connectivity index is 2.38. The van der Waals surface area contributed by atoms with Gasteiger partial charge in [-0.3, -0.25) is 4.79 Å². The molecule has 0 radical (unpaired) electrons. The Bertz CT molecular complexity index is 602. The fourth-order valence-electron chi connectivity index (χ4n) is 1.42. The lowest BCUT2D eigenvalue weighted by Crippen LogP contribution is -2.07. The Labute approximate surface area is 114 Å². The lowest BCUT2D eigenvalue weighted by Gasteiger charge is -2.05. The number of halogens is 2. The third-order valence-electron chi connectivity index (χ3n) is 2.19. The van der Waals surface area contributed by atoms with Crippen molar-refractivity contribution in [1.29, 1.82) is 0 Å². The number of aromatic nitrogens is 2. The first kappa shape index (κ1) is 12.8. The summed E-state index contributed by atoms with van der Waals surface area (Å²) in [6.45, 7) is 1.42. The van der Waals surface area contributed by atoms with Gasteiger partial charge in [0.1, 0.15) is 12.1 Å². The molecule has 1 amide bonds. The molecule has 2 aromatic rings. The molecule has 0 unspecified atom stereocenters. The Morgan fingerprint density at radius 1 is 1.17 bits per heavy atom. The molecule has 2 rings (SSSR count). The number of hydrogen-bond donors (Lipinski definition) is 1. The van der Waals surface area contributed by atoms with Crippen molar-refractivity contribution >= 4 is 34.9 Å². The second-order valence-electron chi connectivity index (χ2n) is 3.60. The van der Waals surface area contributed by atoms with E-state index in [-0.39, 0.29) is 5.91 Å². The van der Waals surface area contributed by atoms with Gasteiger partial charge in [0.2, 0.25) is 5.91 Å². The molecule has 6 heteroatoms. The Morgan fingerprint density at radius 3 is 2.61 bits per heavy atom. The number of carbonyl (C=O) groups excluding carboxylic acids is 1. The summed E-state index contributed by atoms with van der Waals surface area (Å²) >= 11 is 11.8. The molecule has 0 fully saturated rings. The van der Waals surface area contributed by atoms with Gasteiger partial charge in [-0.2, -0.15) is 0 Å². The molecule has 0 saturated carbocycles. The first-order valence-electron chi connectivity index (χ1n) is 5.11. The minimum Gasteiger partial charge on any atom is -0.311 e. The topological polar surface area (TPSA) is 54.9 Å². The summed E-state index contributed by atoms with van der Waals surface area (Å²) in [5.74, 6) is 0.257. The van der Waals surface area contributed by atoms with E-state index in [1.807, 2.05) is 0 Å². The van der Waals surface area contributed by atoms with Crippen LogP contribution in [-0.4, -0.2) is 15.9 Å². The quantitative estimate of drug-likeness (QED) is 0.918. The molecule has 0 aliphatic heterocycles. The number of nitrogens with one attached hydrogen (secondary N) is 1. The highest BCUT2D eigenvalue weighted by molar-refractivity contribution is 6.42. The molecule has 0 spiro atoms. The number of benzene rings is 1. The zero-order valence-electron chi connectivity index (χ0n) is 9.45. The van der Waals surface area contributed by atoms with Gasteiger partial charge in [-0.25, -0.2) is 9.97 Å². The third kappa shape index (κ3) is 2.97. The van der Waals surface area contributed by atoms with Gasteiger partial charge < -0.3 is 5.32 Å². The van der Waals surface area contributed by atoms with Crippen LogP contribution in [0.3, 0.4) is 0 Å². The molecule has 0 bridgehead atoms. The normalized spacial score (nSPS) is 10.2. The average molecular weight is 282 g/mol. The van der Waals surface area contributed by atoms with Crippen molar-refractivity contribution in [1.82, 2.24) is 9.97 Å². The molecule has 0 aliphatic carbocycles. The molecule has 1 aromatic heterocycles. The smallest absolute Gasteiger partial charge is 0.222 e. The number of hydrogen-bond acceptors (Lipinski definition) is 3. The molecule has 1 aromatic carbocycles. The van der Waals surface area contributed by atoms with E-state index in [9.17, 15) is 4.79 Å². The van der Waals surface area contributed by atoms with E-state index in [0.29, 0.717) is 21.6 Å². The van der Waals surface area contributed by atoms with Gasteiger partial charge >= 0.3 is 0 Å². The molecular formula is C12H9Cl2N3O. The highest BCUT2D eigenvalue weighted by atomic mass is 35.5. The Kier molecular flexibility index (Phi) is 3.79. The molecule has 0 atom stereocenters. The van der Waals surface area contributed by atoms with Crippen molar-refractivity contribution in [2.24, 2.45) is 0 Å². The second-order valence-corrected chi connectivity index (χ2v) is 4.41. The summed E-state index contributed by atoms with van der Waals surface area (Å²) < 4.78 is 0. The summed E-state index contributed by atoms with van der Waals surface area (Å²) in [6, 6.07) is 6.87. The number of rotatable bonds is 2. The van der Waals surface area contributed by atoms with Crippen LogP contribution in [0.1, 0.15) is 6.92 Å². The lowest BCUT2D eigenvalue weighted by molar-refractivity contribution is -0.114. The predicted octanol–water partition coefficient (Wildman–Crippen LogP) is 3.41. The molecule has 0 saturated heterocycles. The summed E-state index contributed by atoms with van der Waals surface area (Å²) in [5, 5.41) is 3.53. The van der Waals surface area contributed by atoms with E-state index < -0.39 is 0 Å². The van der Waals surface area contributed by atoms with Crippen LogP contribution < -0.4 is 5.32 Å². The van der Waals surface area contributed by atoms with E-state index >= 15 is 0 Å². The maximum Gasteiger partial charge on any atom is 0.222 e. The van der Waals surface area contributed by atoms with Gasteiger partial charge in [-0.1, -0.05) is 29.3 Å². The number of carbonyl (C=O) groups is 1. The van der Waals surface area contributed by atoms with E-state index in [0.717, 1.165) is 5.56 Å². The average Bonchev–Trinajstić information content (AvgIpc) is 2.32. The minimum absolute atomic E-state index is 0.186. The van der Waals surface area contributed by atoms with Crippen LogP contribution in [0.25, 0.3) is 11.3 Å². The van der Waals surface area contributed by atoms with Gasteiger partial charge in [0.15, 0.2) is 0 Å². The predicted molar refractivity (Wildman–Crippen MR) is 71.8 cm³/mol. The molecular weight excluding hydrogens is 273 g/mol. The summed E-state index contributed by atoms with van der Waals surface area (Å²) in [4.78, 5) is 19.0. The summed E-state index contributed by atoms with van der Waals surface area (Å²) in [7, 11) is 0. The van der Waals surface area contributed by atoms with Crippen LogP contribution in [0.15, 0.2) is 30.6 Å². The van der Waals surface area contributed by atoms with E-state index in [1.54, 1.807) is 24.3 Å². The molecule has 4 nitrogen and oxygen atoms in total. The third-order valence-corrected chi connectivity index (χ3v) is 2.93. The Morgan fingerprint density at radius 2 is 1.94 bits per heavy atom. The first-order chi connectivity index (χ1) is 8.56. The van der Waals surface area contributed by atoms with Crippen molar-refractivity contribution < 1.29 is 4.79 Å². The van der Waals surface area contributed by atoms with E-state index in [4.69, 9.17) is 23.2 Å². The molecule has 18 heavy (non-hydrogen) atoms. The van der Waals surface area contributed by atoms with E-state index in [1.165, 1.54) is 13.3 Å². The highest BCUT2D eigenvalue weighted by Crippen LogP contribution is 2.27. The summed E-state index contributed by atoms with van der Waals surface area (Å²) in [6.07, 6.45) is 1.38. The summed E-state index contributed by atoms with van der Waals surface area (Å²) in [5.41, 5.74) is 1.46. The maximum absolute atomic E-state index is 10.9. The largest absolute Gasteiger partial charge is 0.311 e. The van der Waals surface area contributed by atoms with Crippen LogP contribution >= 0.6 is 23.2 Å². The zero-order chi connectivity index (χ0) is 13.1. The monoisotopic (exact) mass is 281 g/mol. The van der Waals surface area contributed by atoms with Gasteiger partial charge in [-0.15, -0.1) is 0 Å². The standard InChI is InChI=1S/C12H9Cl2N3O/c1-7(18)17-12-5-11(15-6-16-12)8-2-3-9(13)10(14)4-8/h2-6H,1H3,(H,15,16,17,18). The molecule has 0 aliphatic rings. The lowest BCUT2D eigenvalue weighted by atomic mass is 10.1. The number of amides is 1. The fraction of sp³-hybridized carbons (Fsp3) is 0.0833. The number of nitrogens with zero attached hydrogens (tertiary/aromatic N) is 2.